The van der Waals surface area contributed by atoms with Crippen molar-refractivity contribution < 1.29 is 4.79 Å². The molecule has 1 unspecified atom stereocenters. The third-order valence-electron chi connectivity index (χ3n) is 2.03. The average Bonchev–Trinajstić information content (AvgIpc) is 2.36. The molecule has 10 heavy (non-hydrogen) atoms. The molecular formula is C7H8N2O. The maximum absolute atomic E-state index is 11.0. The van der Waals surface area contributed by atoms with Crippen molar-refractivity contribution in [2.24, 2.45) is 15.9 Å². The van der Waals surface area contributed by atoms with E-state index < -0.39 is 0 Å². The second kappa shape index (κ2) is 2.01. The van der Waals surface area contributed by atoms with Crippen LogP contribution >= 0.6 is 0 Å². The fourth-order valence-corrected chi connectivity index (χ4v) is 1.50. The second-order valence-corrected chi connectivity index (χ2v) is 2.65. The first-order valence-corrected chi connectivity index (χ1v) is 3.51. The highest BCUT2D eigenvalue weighted by atomic mass is 16.1. The van der Waals surface area contributed by atoms with Crippen LogP contribution in [0.15, 0.2) is 9.98 Å². The molecule has 0 spiro atoms. The Balaban J connectivity index is 2.33. The number of carbonyl (C=O) groups is 1. The molecule has 0 saturated heterocycles. The number of amides is 1. The van der Waals surface area contributed by atoms with Crippen LogP contribution in [0.1, 0.15) is 19.3 Å². The number of hydrogen-bond acceptors (Lipinski definition) is 2. The number of hydrogen-bond donors (Lipinski definition) is 0. The molecule has 2 rings (SSSR count). The molecule has 1 heterocycles. The van der Waals surface area contributed by atoms with Crippen LogP contribution < -0.4 is 0 Å². The zero-order valence-corrected chi connectivity index (χ0v) is 5.58. The van der Waals surface area contributed by atoms with Gasteiger partial charge in [-0.05, 0) is 19.3 Å². The van der Waals surface area contributed by atoms with Crippen molar-refractivity contribution in [3.63, 3.8) is 0 Å². The fourth-order valence-electron chi connectivity index (χ4n) is 1.50. The molecule has 0 aromatic rings. The number of fused-ring (bicyclic) bond motifs is 1. The Morgan fingerprint density at radius 2 is 2.50 bits per heavy atom. The van der Waals surface area contributed by atoms with Gasteiger partial charge in [-0.3, -0.25) is 4.79 Å². The summed E-state index contributed by atoms with van der Waals surface area (Å²) in [6.07, 6.45) is 4.41. The summed E-state index contributed by atoms with van der Waals surface area (Å²) >= 11 is 0. The van der Waals surface area contributed by atoms with Gasteiger partial charge in [0.2, 0.25) is 0 Å². The van der Waals surface area contributed by atoms with Gasteiger partial charge in [0.1, 0.15) is 6.34 Å². The molecule has 1 saturated carbocycles. The van der Waals surface area contributed by atoms with Gasteiger partial charge >= 0.3 is 0 Å². The largest absolute Gasteiger partial charge is 0.272 e. The van der Waals surface area contributed by atoms with Crippen molar-refractivity contribution >= 4 is 18.0 Å². The summed E-state index contributed by atoms with van der Waals surface area (Å²) in [5.41, 5.74) is 1.04. The highest BCUT2D eigenvalue weighted by Gasteiger charge is 2.30. The molecule has 0 radical (unpaired) electrons. The summed E-state index contributed by atoms with van der Waals surface area (Å²) in [4.78, 5) is 18.7. The minimum atomic E-state index is 0.00231. The summed E-state index contributed by atoms with van der Waals surface area (Å²) in [5.74, 6) is 0.0486. The van der Waals surface area contributed by atoms with Gasteiger partial charge in [0.15, 0.2) is 0 Å². The highest BCUT2D eigenvalue weighted by molar-refractivity contribution is 6.12. The van der Waals surface area contributed by atoms with Crippen LogP contribution in [0.2, 0.25) is 0 Å². The number of nitrogens with zero attached hydrogens (tertiary/aromatic N) is 2. The van der Waals surface area contributed by atoms with Gasteiger partial charge in [-0.25, -0.2) is 9.98 Å². The van der Waals surface area contributed by atoms with Gasteiger partial charge in [-0.15, -0.1) is 0 Å². The zero-order chi connectivity index (χ0) is 6.97. The summed E-state index contributed by atoms with van der Waals surface area (Å²) < 4.78 is 0. The average molecular weight is 136 g/mol. The molecule has 1 aliphatic carbocycles. The molecule has 0 bridgehead atoms. The van der Waals surface area contributed by atoms with Crippen LogP contribution in [0.25, 0.3) is 0 Å². The Labute approximate surface area is 58.9 Å². The van der Waals surface area contributed by atoms with Crippen LogP contribution in [0.3, 0.4) is 0 Å². The molecule has 0 N–H and O–H groups in total. The van der Waals surface area contributed by atoms with Gasteiger partial charge in [-0.2, -0.15) is 0 Å². The molecular weight excluding hydrogens is 128 g/mol. The maximum atomic E-state index is 11.0. The summed E-state index contributed by atoms with van der Waals surface area (Å²) in [5, 5.41) is 0. The molecule has 1 aliphatic heterocycles. The van der Waals surface area contributed by atoms with Crippen molar-refractivity contribution in [3.8, 4) is 0 Å². The SMILES string of the molecule is O=C1N=CN=C2CCCC12. The summed E-state index contributed by atoms with van der Waals surface area (Å²) in [6.45, 7) is 0. The normalized spacial score (nSPS) is 30.2. The minimum absolute atomic E-state index is 0.00231. The van der Waals surface area contributed by atoms with Crippen LogP contribution in [0.5, 0.6) is 0 Å². The molecule has 3 nitrogen and oxygen atoms in total. The Hall–Kier alpha value is -0.990. The Bertz CT molecular complexity index is 230. The van der Waals surface area contributed by atoms with E-state index in [0.29, 0.717) is 0 Å². The Morgan fingerprint density at radius 3 is 3.30 bits per heavy atom. The number of carbonyl (C=O) groups excluding carboxylic acids is 1. The van der Waals surface area contributed by atoms with Gasteiger partial charge < -0.3 is 0 Å². The first-order valence-electron chi connectivity index (χ1n) is 3.51. The fraction of sp³-hybridized carbons (Fsp3) is 0.571. The van der Waals surface area contributed by atoms with E-state index in [0.717, 1.165) is 25.0 Å². The maximum Gasteiger partial charge on any atom is 0.255 e. The van der Waals surface area contributed by atoms with Gasteiger partial charge in [-0.1, -0.05) is 0 Å². The van der Waals surface area contributed by atoms with Crippen LogP contribution in [-0.4, -0.2) is 18.0 Å². The zero-order valence-electron chi connectivity index (χ0n) is 5.58. The van der Waals surface area contributed by atoms with Crippen molar-refractivity contribution in [1.29, 1.82) is 0 Å². The lowest BCUT2D eigenvalue weighted by Gasteiger charge is -2.07. The molecule has 1 fully saturated rings. The third-order valence-corrected chi connectivity index (χ3v) is 2.03. The Morgan fingerprint density at radius 1 is 1.60 bits per heavy atom. The minimum Gasteiger partial charge on any atom is -0.272 e. The van der Waals surface area contributed by atoms with Gasteiger partial charge in [0.05, 0.1) is 5.92 Å². The lowest BCUT2D eigenvalue weighted by Crippen LogP contribution is -2.20. The third kappa shape index (κ3) is 0.701. The van der Waals surface area contributed by atoms with E-state index in [9.17, 15) is 4.79 Å². The second-order valence-electron chi connectivity index (χ2n) is 2.65. The van der Waals surface area contributed by atoms with Crippen LogP contribution in [-0.2, 0) is 4.79 Å². The topological polar surface area (TPSA) is 41.8 Å². The van der Waals surface area contributed by atoms with E-state index in [-0.39, 0.29) is 11.8 Å². The highest BCUT2D eigenvalue weighted by Crippen LogP contribution is 2.25. The van der Waals surface area contributed by atoms with Gasteiger partial charge in [0.25, 0.3) is 5.91 Å². The van der Waals surface area contributed by atoms with E-state index in [1.807, 2.05) is 0 Å². The van der Waals surface area contributed by atoms with Crippen LogP contribution in [0.4, 0.5) is 0 Å². The number of rotatable bonds is 0. The standard InChI is InChI=1S/C7H8N2O/c10-7-5-2-1-3-6(5)8-4-9-7/h4-5H,1-3H2. The van der Waals surface area contributed by atoms with Crippen LogP contribution in [0, 0.1) is 5.92 Å². The van der Waals surface area contributed by atoms with Crippen molar-refractivity contribution in [3.05, 3.63) is 0 Å². The quantitative estimate of drug-likeness (QED) is 0.485. The van der Waals surface area contributed by atoms with Crippen molar-refractivity contribution in [2.75, 3.05) is 0 Å². The molecule has 0 aromatic carbocycles. The lowest BCUT2D eigenvalue weighted by molar-refractivity contribution is -0.119. The lowest BCUT2D eigenvalue weighted by atomic mass is 10.1. The molecule has 1 atom stereocenters. The van der Waals surface area contributed by atoms with E-state index >= 15 is 0 Å². The molecule has 0 aromatic heterocycles. The predicted molar refractivity (Wildman–Crippen MR) is 38.3 cm³/mol. The van der Waals surface area contributed by atoms with Gasteiger partial charge in [0, 0.05) is 5.71 Å². The van der Waals surface area contributed by atoms with Crippen molar-refractivity contribution in [2.45, 2.75) is 19.3 Å². The first-order chi connectivity index (χ1) is 4.88. The smallest absolute Gasteiger partial charge is 0.255 e. The van der Waals surface area contributed by atoms with E-state index in [1.165, 1.54) is 6.34 Å². The summed E-state index contributed by atoms with van der Waals surface area (Å²) in [7, 11) is 0. The molecule has 1 amide bonds. The molecule has 2 aliphatic rings. The van der Waals surface area contributed by atoms with E-state index in [1.54, 1.807) is 0 Å². The predicted octanol–water partition coefficient (Wildman–Crippen LogP) is 0.796. The van der Waals surface area contributed by atoms with E-state index in [2.05, 4.69) is 9.98 Å². The monoisotopic (exact) mass is 136 g/mol. The first kappa shape index (κ1) is 5.77. The summed E-state index contributed by atoms with van der Waals surface area (Å²) in [6, 6.07) is 0. The van der Waals surface area contributed by atoms with E-state index in [4.69, 9.17) is 0 Å². The Kier molecular flexibility index (Phi) is 1.16. The molecule has 52 valence electrons. The number of aliphatic imine (C=N–C) groups is 2. The van der Waals surface area contributed by atoms with Crippen molar-refractivity contribution in [1.82, 2.24) is 0 Å². The molecule has 3 heteroatoms.